The van der Waals surface area contributed by atoms with Crippen LogP contribution in [-0.2, 0) is 11.3 Å². The Labute approximate surface area is 122 Å². The predicted molar refractivity (Wildman–Crippen MR) is 76.5 cm³/mol. The van der Waals surface area contributed by atoms with Crippen LogP contribution in [0.4, 0.5) is 4.79 Å². The second-order valence-electron chi connectivity index (χ2n) is 5.76. The number of alkyl carbamates (subject to hydrolysis) is 1. The Kier molecular flexibility index (Phi) is 5.12. The van der Waals surface area contributed by atoms with Crippen LogP contribution >= 0.6 is 0 Å². The molecule has 0 aliphatic carbocycles. The Hall–Kier alpha value is -2.31. The number of hydrogen-bond acceptors (Lipinski definition) is 4. The fraction of sp³-hybridized carbons (Fsp3) is 0.500. The molecule has 7 heteroatoms. The maximum Gasteiger partial charge on any atom is 0.407 e. The lowest BCUT2D eigenvalue weighted by molar-refractivity contribution is 0.0503. The number of rotatable bonds is 4. The van der Waals surface area contributed by atoms with Gasteiger partial charge in [-0.2, -0.15) is 0 Å². The van der Waals surface area contributed by atoms with E-state index in [9.17, 15) is 14.4 Å². The van der Waals surface area contributed by atoms with E-state index in [0.29, 0.717) is 0 Å². The summed E-state index contributed by atoms with van der Waals surface area (Å²) in [6.45, 7) is 7.09. The molecule has 0 spiro atoms. The van der Waals surface area contributed by atoms with Gasteiger partial charge in [0, 0.05) is 24.8 Å². The van der Waals surface area contributed by atoms with E-state index in [4.69, 9.17) is 9.84 Å². The summed E-state index contributed by atoms with van der Waals surface area (Å²) in [5, 5.41) is 11.5. The highest BCUT2D eigenvalue weighted by atomic mass is 16.6. The lowest BCUT2D eigenvalue weighted by Crippen LogP contribution is -2.41. The first-order chi connectivity index (χ1) is 9.58. The zero-order chi connectivity index (χ0) is 16.2. The van der Waals surface area contributed by atoms with E-state index in [2.05, 4.69) is 5.32 Å². The van der Waals surface area contributed by atoms with E-state index in [1.807, 2.05) is 0 Å². The summed E-state index contributed by atoms with van der Waals surface area (Å²) in [4.78, 5) is 34.2. The molecule has 0 saturated carbocycles. The maximum absolute atomic E-state index is 11.7. The van der Waals surface area contributed by atoms with Crippen molar-refractivity contribution in [3.05, 3.63) is 34.2 Å². The second kappa shape index (κ2) is 6.43. The van der Waals surface area contributed by atoms with Crippen molar-refractivity contribution in [2.45, 2.75) is 45.9 Å². The van der Waals surface area contributed by atoms with Gasteiger partial charge >= 0.3 is 12.1 Å². The Balaban J connectivity index is 2.73. The average Bonchev–Trinajstić information content (AvgIpc) is 2.28. The predicted octanol–water partition coefficient (Wildman–Crippen LogP) is 1.46. The van der Waals surface area contributed by atoms with Crippen LogP contribution in [0, 0.1) is 0 Å². The van der Waals surface area contributed by atoms with Crippen LogP contribution in [0.5, 0.6) is 0 Å². The summed E-state index contributed by atoms with van der Waals surface area (Å²) >= 11 is 0. The minimum Gasteiger partial charge on any atom is -0.478 e. The number of carbonyl (C=O) groups is 2. The maximum atomic E-state index is 11.7. The lowest BCUT2D eigenvalue weighted by Gasteiger charge is -2.22. The molecule has 0 radical (unpaired) electrons. The fourth-order valence-corrected chi connectivity index (χ4v) is 1.65. The smallest absolute Gasteiger partial charge is 0.407 e. The van der Waals surface area contributed by atoms with Crippen molar-refractivity contribution in [2.24, 2.45) is 0 Å². The van der Waals surface area contributed by atoms with E-state index in [0.717, 1.165) is 0 Å². The van der Waals surface area contributed by atoms with Crippen molar-refractivity contribution in [2.75, 3.05) is 0 Å². The minimum atomic E-state index is -1.11. The molecular formula is C14H20N2O5. The third kappa shape index (κ3) is 5.68. The first-order valence-corrected chi connectivity index (χ1v) is 6.52. The number of carbonyl (C=O) groups excluding carboxylic acids is 1. The monoisotopic (exact) mass is 296 g/mol. The van der Waals surface area contributed by atoms with Crippen molar-refractivity contribution < 1.29 is 19.4 Å². The molecule has 0 aromatic carbocycles. The number of aromatic nitrogens is 1. The fourth-order valence-electron chi connectivity index (χ4n) is 1.65. The molecule has 1 rings (SSSR count). The van der Waals surface area contributed by atoms with Gasteiger partial charge in [0.1, 0.15) is 5.60 Å². The van der Waals surface area contributed by atoms with Crippen LogP contribution in [0.15, 0.2) is 23.1 Å². The van der Waals surface area contributed by atoms with Crippen LogP contribution in [-0.4, -0.2) is 33.4 Å². The highest BCUT2D eigenvalue weighted by Gasteiger charge is 2.18. The van der Waals surface area contributed by atoms with E-state index in [-0.39, 0.29) is 23.7 Å². The molecule has 116 valence electrons. The molecule has 0 saturated heterocycles. The summed E-state index contributed by atoms with van der Waals surface area (Å²) in [6.07, 6.45) is 0.662. The number of ether oxygens (including phenoxy) is 1. The van der Waals surface area contributed by atoms with Crippen molar-refractivity contribution in [3.8, 4) is 0 Å². The van der Waals surface area contributed by atoms with Crippen LogP contribution in [0.2, 0.25) is 0 Å². The number of pyridine rings is 1. The Morgan fingerprint density at radius 3 is 2.52 bits per heavy atom. The minimum absolute atomic E-state index is 0.0130. The molecular weight excluding hydrogens is 276 g/mol. The molecule has 21 heavy (non-hydrogen) atoms. The molecule has 7 nitrogen and oxygen atoms in total. The molecule has 0 fully saturated rings. The van der Waals surface area contributed by atoms with Crippen molar-refractivity contribution >= 4 is 12.1 Å². The van der Waals surface area contributed by atoms with Gasteiger partial charge < -0.3 is 19.7 Å². The van der Waals surface area contributed by atoms with Gasteiger partial charge in [0.2, 0.25) is 0 Å². The Morgan fingerprint density at radius 1 is 1.38 bits per heavy atom. The van der Waals surface area contributed by atoms with Gasteiger partial charge in [-0.15, -0.1) is 0 Å². The Bertz CT molecular complexity index is 586. The lowest BCUT2D eigenvalue weighted by atomic mass is 10.2. The number of carboxylic acid groups (broad SMARTS) is 1. The first-order valence-electron chi connectivity index (χ1n) is 6.52. The standard InChI is InChI=1S/C14H20N2O5/c1-9(15-13(20)21-14(2,3)4)7-16-8-10(12(18)19)5-6-11(16)17/h5-6,8-9H,7H2,1-4H3,(H,15,20)(H,18,19). The number of nitrogens with zero attached hydrogens (tertiary/aromatic N) is 1. The highest BCUT2D eigenvalue weighted by Crippen LogP contribution is 2.07. The number of amides is 1. The highest BCUT2D eigenvalue weighted by molar-refractivity contribution is 5.87. The summed E-state index contributed by atoms with van der Waals surface area (Å²) in [5.74, 6) is -1.11. The molecule has 1 unspecified atom stereocenters. The molecule has 0 bridgehead atoms. The molecule has 1 aromatic heterocycles. The van der Waals surface area contributed by atoms with Gasteiger partial charge in [-0.25, -0.2) is 9.59 Å². The average molecular weight is 296 g/mol. The summed E-state index contributed by atoms with van der Waals surface area (Å²) in [6, 6.07) is 2.04. The normalized spacial score (nSPS) is 12.6. The van der Waals surface area contributed by atoms with E-state index >= 15 is 0 Å². The van der Waals surface area contributed by atoms with Crippen molar-refractivity contribution in [3.63, 3.8) is 0 Å². The molecule has 1 heterocycles. The van der Waals surface area contributed by atoms with Gasteiger partial charge in [-0.05, 0) is 33.8 Å². The zero-order valence-electron chi connectivity index (χ0n) is 12.5. The van der Waals surface area contributed by atoms with Gasteiger partial charge in [-0.1, -0.05) is 0 Å². The van der Waals surface area contributed by atoms with Crippen LogP contribution < -0.4 is 10.9 Å². The van der Waals surface area contributed by atoms with Crippen LogP contribution in [0.1, 0.15) is 38.1 Å². The van der Waals surface area contributed by atoms with E-state index in [1.165, 1.54) is 22.9 Å². The number of aromatic carboxylic acids is 1. The molecule has 1 atom stereocenters. The summed E-state index contributed by atoms with van der Waals surface area (Å²) < 4.78 is 6.35. The van der Waals surface area contributed by atoms with Crippen LogP contribution in [0.3, 0.4) is 0 Å². The van der Waals surface area contributed by atoms with Gasteiger partial charge in [0.05, 0.1) is 5.56 Å². The number of carboxylic acids is 1. The second-order valence-corrected chi connectivity index (χ2v) is 5.76. The number of nitrogens with one attached hydrogen (secondary N) is 1. The third-order valence-electron chi connectivity index (χ3n) is 2.46. The third-order valence-corrected chi connectivity index (χ3v) is 2.46. The number of hydrogen-bond donors (Lipinski definition) is 2. The molecule has 0 aliphatic heterocycles. The molecule has 1 amide bonds. The zero-order valence-corrected chi connectivity index (χ0v) is 12.5. The Morgan fingerprint density at radius 2 is 2.00 bits per heavy atom. The summed E-state index contributed by atoms with van der Waals surface area (Å²) in [7, 11) is 0. The molecule has 2 N–H and O–H groups in total. The van der Waals surface area contributed by atoms with E-state index in [1.54, 1.807) is 27.7 Å². The topological polar surface area (TPSA) is 97.6 Å². The van der Waals surface area contributed by atoms with Gasteiger partial charge in [-0.3, -0.25) is 4.79 Å². The van der Waals surface area contributed by atoms with Crippen molar-refractivity contribution in [1.82, 2.24) is 9.88 Å². The van der Waals surface area contributed by atoms with Crippen molar-refractivity contribution in [1.29, 1.82) is 0 Å². The molecule has 0 aliphatic rings. The van der Waals surface area contributed by atoms with Gasteiger partial charge in [0.15, 0.2) is 0 Å². The summed E-state index contributed by atoms with van der Waals surface area (Å²) in [5.41, 5.74) is -0.930. The van der Waals surface area contributed by atoms with E-state index < -0.39 is 17.7 Å². The quantitative estimate of drug-likeness (QED) is 0.876. The largest absolute Gasteiger partial charge is 0.478 e. The molecule has 1 aromatic rings. The first kappa shape index (κ1) is 16.7. The van der Waals surface area contributed by atoms with Gasteiger partial charge in [0.25, 0.3) is 5.56 Å². The SMILES string of the molecule is CC(Cn1cc(C(=O)O)ccc1=O)NC(=O)OC(C)(C)C. The van der Waals surface area contributed by atoms with Crippen LogP contribution in [0.25, 0.3) is 0 Å².